The predicted molar refractivity (Wildman–Crippen MR) is 179 cm³/mol. The average Bonchev–Trinajstić information content (AvgIpc) is 3.51. The normalized spacial score (nSPS) is 15.6. The lowest BCUT2D eigenvalue weighted by molar-refractivity contribution is -0.156. The fraction of sp³-hybridized carbons (Fsp3) is 0.486. The van der Waals surface area contributed by atoms with Crippen LogP contribution in [0.3, 0.4) is 0 Å². The zero-order valence-electron chi connectivity index (χ0n) is 27.4. The number of carbonyl (C=O) groups is 1. The molecule has 0 aliphatic carbocycles. The summed E-state index contributed by atoms with van der Waals surface area (Å²) in [6.45, 7) is 15.6. The smallest absolute Gasteiger partial charge is 0.320 e. The van der Waals surface area contributed by atoms with Gasteiger partial charge in [0.25, 0.3) is 0 Å². The van der Waals surface area contributed by atoms with Crippen molar-refractivity contribution in [3.8, 4) is 28.4 Å². The lowest BCUT2D eigenvalue weighted by Crippen LogP contribution is -2.38. The Bertz CT molecular complexity index is 1510. The van der Waals surface area contributed by atoms with E-state index in [1.54, 1.807) is 6.07 Å². The first-order chi connectivity index (χ1) is 21.5. The summed E-state index contributed by atoms with van der Waals surface area (Å²) in [6.07, 6.45) is 4.25. The van der Waals surface area contributed by atoms with Gasteiger partial charge in [-0.3, -0.25) is 9.69 Å². The number of aromatic hydroxyl groups is 1. The molecule has 2 heterocycles. The van der Waals surface area contributed by atoms with E-state index < -0.39 is 5.60 Å². The minimum atomic E-state index is -0.538. The third-order valence-electron chi connectivity index (χ3n) is 8.73. The Labute approximate surface area is 273 Å². The molecule has 0 radical (unpaired) electrons. The van der Waals surface area contributed by atoms with Gasteiger partial charge in [0.1, 0.15) is 29.5 Å². The Balaban J connectivity index is 1.24. The maximum atomic E-state index is 12.4. The van der Waals surface area contributed by atoms with E-state index >= 15 is 0 Å². The van der Waals surface area contributed by atoms with Crippen molar-refractivity contribution in [2.45, 2.75) is 79.1 Å². The highest BCUT2D eigenvalue weighted by Gasteiger charge is 2.27. The van der Waals surface area contributed by atoms with Crippen molar-refractivity contribution >= 4 is 17.6 Å². The highest BCUT2D eigenvalue weighted by atomic mass is 35.5. The van der Waals surface area contributed by atoms with Gasteiger partial charge in [-0.15, -0.1) is 0 Å². The van der Waals surface area contributed by atoms with Crippen LogP contribution in [0.15, 0.2) is 42.5 Å². The van der Waals surface area contributed by atoms with Crippen molar-refractivity contribution in [1.82, 2.24) is 9.80 Å². The number of halogens is 1. The van der Waals surface area contributed by atoms with Gasteiger partial charge >= 0.3 is 5.97 Å². The van der Waals surface area contributed by atoms with E-state index in [1.165, 1.54) is 25.9 Å². The predicted octanol–water partition coefficient (Wildman–Crippen LogP) is 7.47. The third-order valence-corrected chi connectivity index (χ3v) is 9.15. The molecule has 0 unspecified atom stereocenters. The van der Waals surface area contributed by atoms with Gasteiger partial charge in [0, 0.05) is 31.3 Å². The van der Waals surface area contributed by atoms with Crippen molar-refractivity contribution in [3.63, 3.8) is 0 Å². The van der Waals surface area contributed by atoms with Crippen LogP contribution in [0.4, 0.5) is 0 Å². The molecule has 45 heavy (non-hydrogen) atoms. The van der Waals surface area contributed by atoms with Crippen molar-refractivity contribution in [1.29, 1.82) is 0 Å². The fourth-order valence-electron chi connectivity index (χ4n) is 6.34. The van der Waals surface area contributed by atoms with E-state index in [-0.39, 0.29) is 18.3 Å². The molecule has 1 saturated heterocycles. The Morgan fingerprint density at radius 1 is 0.911 bits per heavy atom. The molecule has 242 valence electrons. The fourth-order valence-corrected chi connectivity index (χ4v) is 6.66. The first-order valence-corrected chi connectivity index (χ1v) is 16.5. The van der Waals surface area contributed by atoms with E-state index in [0.717, 1.165) is 57.7 Å². The zero-order valence-corrected chi connectivity index (χ0v) is 28.1. The van der Waals surface area contributed by atoms with Crippen LogP contribution in [0.1, 0.15) is 67.9 Å². The summed E-state index contributed by atoms with van der Waals surface area (Å²) in [7, 11) is 0. The molecule has 8 heteroatoms. The molecular weight excluding hydrogens is 588 g/mol. The van der Waals surface area contributed by atoms with E-state index in [2.05, 4.69) is 55.1 Å². The van der Waals surface area contributed by atoms with Crippen molar-refractivity contribution in [2.24, 2.45) is 0 Å². The first kappa shape index (κ1) is 33.1. The summed E-state index contributed by atoms with van der Waals surface area (Å²) < 4.78 is 17.9. The number of esters is 1. The largest absolute Gasteiger partial charge is 0.507 e. The molecule has 0 aromatic heterocycles. The van der Waals surface area contributed by atoms with Crippen LogP contribution in [0, 0.1) is 13.8 Å². The standard InChI is InChI=1S/C37H47ClN2O5/c1-25-27(11-8-12-28(25)29-13-9-14-33(26(29)2)43-20-10-18-39-16-6-7-17-39)24-44-34-21-32(41)31-22-40(19-15-30(31)36(34)38)23-35(42)45-37(3,4)5/h8-9,11-14,21,41H,6-7,10,15-20,22-24H2,1-5H3. The SMILES string of the molecule is Cc1c(COc2cc(O)c3c(c2Cl)CCN(CC(=O)OC(C)(C)C)C3)cccc1-c1cccc(OCCCN2CCCC2)c1C. The van der Waals surface area contributed by atoms with Gasteiger partial charge in [0.2, 0.25) is 0 Å². The second-order valence-corrected chi connectivity index (χ2v) is 13.6. The Morgan fingerprint density at radius 2 is 1.62 bits per heavy atom. The topological polar surface area (TPSA) is 71.5 Å². The summed E-state index contributed by atoms with van der Waals surface area (Å²) in [5.74, 6) is 1.22. The van der Waals surface area contributed by atoms with Gasteiger partial charge in [-0.1, -0.05) is 41.9 Å². The number of rotatable bonds is 11. The number of fused-ring (bicyclic) bond motifs is 1. The minimum absolute atomic E-state index is 0.122. The Hall–Kier alpha value is -3.26. The molecule has 0 bridgehead atoms. The lowest BCUT2D eigenvalue weighted by Gasteiger charge is -2.30. The summed E-state index contributed by atoms with van der Waals surface area (Å²) in [5, 5.41) is 11.5. The quantitative estimate of drug-likeness (QED) is 0.173. The number of phenolic OH excluding ortho intramolecular Hbond substituents is 1. The van der Waals surface area contributed by atoms with Gasteiger partial charge < -0.3 is 24.2 Å². The second-order valence-electron chi connectivity index (χ2n) is 13.3. The average molecular weight is 635 g/mol. The van der Waals surface area contributed by atoms with E-state index in [1.807, 2.05) is 25.7 Å². The Morgan fingerprint density at radius 3 is 2.36 bits per heavy atom. The van der Waals surface area contributed by atoms with E-state index in [0.29, 0.717) is 43.5 Å². The van der Waals surface area contributed by atoms with Crippen molar-refractivity contribution in [3.05, 3.63) is 75.3 Å². The van der Waals surface area contributed by atoms with Crippen LogP contribution < -0.4 is 9.47 Å². The molecule has 5 rings (SSSR count). The van der Waals surface area contributed by atoms with Crippen LogP contribution in [-0.2, 0) is 29.1 Å². The molecule has 3 aromatic carbocycles. The number of hydrogen-bond acceptors (Lipinski definition) is 7. The minimum Gasteiger partial charge on any atom is -0.507 e. The van der Waals surface area contributed by atoms with Crippen molar-refractivity contribution < 1.29 is 24.1 Å². The lowest BCUT2D eigenvalue weighted by atomic mass is 9.93. The van der Waals surface area contributed by atoms with Crippen LogP contribution in [0.5, 0.6) is 17.2 Å². The van der Waals surface area contributed by atoms with Gasteiger partial charge in [-0.2, -0.15) is 0 Å². The molecule has 3 aromatic rings. The number of carbonyl (C=O) groups excluding carboxylic acids is 1. The molecule has 7 nitrogen and oxygen atoms in total. The second kappa shape index (κ2) is 14.4. The monoisotopic (exact) mass is 634 g/mol. The van der Waals surface area contributed by atoms with Crippen LogP contribution in [0.2, 0.25) is 5.02 Å². The molecule has 0 amide bonds. The number of ether oxygens (including phenoxy) is 3. The molecule has 2 aliphatic rings. The molecule has 1 fully saturated rings. The summed E-state index contributed by atoms with van der Waals surface area (Å²) in [6, 6.07) is 14.1. The molecule has 2 aliphatic heterocycles. The van der Waals surface area contributed by atoms with Gasteiger partial charge in [-0.25, -0.2) is 0 Å². The maximum absolute atomic E-state index is 12.4. The summed E-state index contributed by atoms with van der Waals surface area (Å²) in [5.41, 5.74) is 6.64. The van der Waals surface area contributed by atoms with Gasteiger partial charge in [0.15, 0.2) is 0 Å². The van der Waals surface area contributed by atoms with Crippen LogP contribution >= 0.6 is 11.6 Å². The highest BCUT2D eigenvalue weighted by molar-refractivity contribution is 6.33. The van der Waals surface area contributed by atoms with Crippen LogP contribution in [0.25, 0.3) is 11.1 Å². The molecule has 1 N–H and O–H groups in total. The maximum Gasteiger partial charge on any atom is 0.320 e. The molecule has 0 atom stereocenters. The number of hydrogen-bond donors (Lipinski definition) is 1. The molecule has 0 saturated carbocycles. The Kier molecular flexibility index (Phi) is 10.6. The van der Waals surface area contributed by atoms with Gasteiger partial charge in [-0.05, 0) is 113 Å². The van der Waals surface area contributed by atoms with Gasteiger partial charge in [0.05, 0.1) is 18.2 Å². The number of likely N-dealkylation sites (tertiary alicyclic amines) is 1. The number of phenols is 1. The molecule has 0 spiro atoms. The number of benzene rings is 3. The summed E-state index contributed by atoms with van der Waals surface area (Å²) in [4.78, 5) is 16.8. The summed E-state index contributed by atoms with van der Waals surface area (Å²) >= 11 is 6.84. The third kappa shape index (κ3) is 8.32. The van der Waals surface area contributed by atoms with E-state index in [9.17, 15) is 9.90 Å². The molecular formula is C37H47ClN2O5. The zero-order chi connectivity index (χ0) is 32.1. The van der Waals surface area contributed by atoms with E-state index in [4.69, 9.17) is 25.8 Å². The number of nitrogens with zero attached hydrogens (tertiary/aromatic N) is 2. The highest BCUT2D eigenvalue weighted by Crippen LogP contribution is 2.40. The van der Waals surface area contributed by atoms with Crippen molar-refractivity contribution in [2.75, 3.05) is 39.3 Å². The first-order valence-electron chi connectivity index (χ1n) is 16.1. The van der Waals surface area contributed by atoms with Crippen LogP contribution in [-0.4, -0.2) is 65.8 Å².